The Kier molecular flexibility index (Phi) is 15.6. The van der Waals surface area contributed by atoms with Gasteiger partial charge in [-0.15, -0.1) is 0 Å². The number of rotatable bonds is 18. The van der Waals surface area contributed by atoms with E-state index in [1.54, 1.807) is 25.3 Å². The van der Waals surface area contributed by atoms with E-state index in [0.29, 0.717) is 17.9 Å². The molecule has 0 aromatic heterocycles. The number of ether oxygens (including phenoxy) is 1. The van der Waals surface area contributed by atoms with Crippen molar-refractivity contribution in [1.29, 1.82) is 0 Å². The normalized spacial score (nSPS) is 11.0. The fourth-order valence-corrected chi connectivity index (χ4v) is 3.16. The van der Waals surface area contributed by atoms with Gasteiger partial charge in [0.1, 0.15) is 0 Å². The Morgan fingerprint density at radius 1 is 0.793 bits per heavy atom. The van der Waals surface area contributed by atoms with Crippen molar-refractivity contribution in [1.82, 2.24) is 0 Å². The van der Waals surface area contributed by atoms with Crippen molar-refractivity contribution >= 4 is 5.97 Å². The summed E-state index contributed by atoms with van der Waals surface area (Å²) in [5, 5.41) is 0. The fraction of sp³-hybridized carbons (Fsp3) is 0.640. The molecule has 0 N–H and O–H groups in total. The van der Waals surface area contributed by atoms with Crippen LogP contribution in [-0.4, -0.2) is 13.1 Å². The first kappa shape index (κ1) is 25.1. The maximum atomic E-state index is 11.8. The molecule has 0 aliphatic rings. The van der Waals surface area contributed by atoms with Gasteiger partial charge in [0.05, 0.1) is 13.5 Å². The van der Waals surface area contributed by atoms with Crippen LogP contribution in [-0.2, 0) is 9.68 Å². The highest BCUT2D eigenvalue weighted by molar-refractivity contribution is 5.68. The van der Waals surface area contributed by atoms with Crippen LogP contribution in [0.1, 0.15) is 96.8 Å². The molecule has 0 heterocycles. The molecule has 0 saturated heterocycles. The lowest BCUT2D eigenvalue weighted by Gasteiger charge is -2.08. The highest BCUT2D eigenvalue weighted by Crippen LogP contribution is 2.26. The Balaban J connectivity index is 1.90. The molecule has 4 nitrogen and oxygen atoms in total. The summed E-state index contributed by atoms with van der Waals surface area (Å²) in [6, 6.07) is 7.09. The first-order valence-electron chi connectivity index (χ1n) is 11.4. The van der Waals surface area contributed by atoms with Crippen LogP contribution in [0.3, 0.4) is 0 Å². The van der Waals surface area contributed by atoms with E-state index < -0.39 is 0 Å². The minimum absolute atomic E-state index is 0.339. The van der Waals surface area contributed by atoms with Crippen LogP contribution in [0.4, 0.5) is 0 Å². The third kappa shape index (κ3) is 13.8. The van der Waals surface area contributed by atoms with Crippen molar-refractivity contribution in [2.45, 2.75) is 96.8 Å². The molecule has 164 valence electrons. The molecule has 0 bridgehead atoms. The number of carbonyl (C=O) groups is 1. The number of benzene rings is 1. The van der Waals surface area contributed by atoms with Crippen LogP contribution in [0.2, 0.25) is 0 Å². The molecule has 1 aromatic carbocycles. The molecule has 0 aliphatic carbocycles. The van der Waals surface area contributed by atoms with Gasteiger partial charge >= 0.3 is 5.97 Å². The van der Waals surface area contributed by atoms with E-state index in [0.717, 1.165) is 19.3 Å². The molecule has 0 atom stereocenters. The Morgan fingerprint density at radius 3 is 1.97 bits per heavy atom. The predicted octanol–water partition coefficient (Wildman–Crippen LogP) is 7.57. The summed E-state index contributed by atoms with van der Waals surface area (Å²) < 4.78 is 5.15. The molecule has 4 heteroatoms. The molecule has 1 aromatic rings. The lowest BCUT2D eigenvalue weighted by Crippen LogP contribution is -2.08. The van der Waals surface area contributed by atoms with Gasteiger partial charge in [-0.25, -0.2) is 4.79 Å². The molecular weight excluding hydrogens is 364 g/mol. The van der Waals surface area contributed by atoms with Gasteiger partial charge in [-0.2, -0.15) is 0 Å². The summed E-state index contributed by atoms with van der Waals surface area (Å²) in [5.41, 5.74) is 0. The summed E-state index contributed by atoms with van der Waals surface area (Å²) in [6.07, 6.45) is 21.1. The average molecular weight is 405 g/mol. The Labute approximate surface area is 177 Å². The lowest BCUT2D eigenvalue weighted by molar-refractivity contribution is -0.214. The number of unbranched alkanes of at least 4 members (excludes halogenated alkanes) is 11. The number of para-hydroxylation sites is 2. The van der Waals surface area contributed by atoms with E-state index in [1.165, 1.54) is 64.2 Å². The molecule has 0 radical (unpaired) electrons. The van der Waals surface area contributed by atoms with Crippen LogP contribution >= 0.6 is 0 Å². The van der Waals surface area contributed by atoms with Gasteiger partial charge in [-0.3, -0.25) is 9.78 Å². The largest absolute Gasteiger partial charge is 0.493 e. The van der Waals surface area contributed by atoms with Crippen LogP contribution in [0.5, 0.6) is 11.5 Å². The van der Waals surface area contributed by atoms with E-state index in [9.17, 15) is 4.79 Å². The molecule has 1 rings (SSSR count). The summed E-state index contributed by atoms with van der Waals surface area (Å²) in [4.78, 5) is 21.7. The standard InChI is InChI=1S/C25H40O4/c1-3-4-5-6-7-8-9-10-11-12-13-14-15-16-17-22-25(26)29-28-24-21-19-18-20-23(24)27-2/h10-11,18-21H,3-9,12-17,22H2,1-2H3. The highest BCUT2D eigenvalue weighted by Gasteiger charge is 2.08. The summed E-state index contributed by atoms with van der Waals surface area (Å²) >= 11 is 0. The second-order valence-electron chi connectivity index (χ2n) is 7.52. The van der Waals surface area contributed by atoms with Crippen LogP contribution in [0.25, 0.3) is 0 Å². The van der Waals surface area contributed by atoms with Crippen molar-refractivity contribution in [2.75, 3.05) is 7.11 Å². The highest BCUT2D eigenvalue weighted by atomic mass is 17.2. The van der Waals surface area contributed by atoms with Crippen LogP contribution in [0.15, 0.2) is 36.4 Å². The zero-order valence-corrected chi connectivity index (χ0v) is 18.5. The monoisotopic (exact) mass is 404 g/mol. The predicted molar refractivity (Wildman–Crippen MR) is 119 cm³/mol. The topological polar surface area (TPSA) is 44.8 Å². The fourth-order valence-electron chi connectivity index (χ4n) is 3.16. The van der Waals surface area contributed by atoms with Crippen molar-refractivity contribution in [3.05, 3.63) is 36.4 Å². The minimum Gasteiger partial charge on any atom is -0.493 e. The van der Waals surface area contributed by atoms with E-state index in [4.69, 9.17) is 14.5 Å². The van der Waals surface area contributed by atoms with Gasteiger partial charge in [0, 0.05) is 0 Å². The van der Waals surface area contributed by atoms with Gasteiger partial charge in [0.15, 0.2) is 5.75 Å². The summed E-state index contributed by atoms with van der Waals surface area (Å²) in [5.74, 6) is 0.614. The van der Waals surface area contributed by atoms with Gasteiger partial charge < -0.3 is 4.74 Å². The maximum absolute atomic E-state index is 11.8. The Bertz CT molecular complexity index is 554. The first-order valence-corrected chi connectivity index (χ1v) is 11.4. The minimum atomic E-state index is -0.339. The number of hydrogen-bond acceptors (Lipinski definition) is 4. The van der Waals surface area contributed by atoms with Gasteiger partial charge in [-0.05, 0) is 44.2 Å². The summed E-state index contributed by atoms with van der Waals surface area (Å²) in [6.45, 7) is 2.26. The smallest absolute Gasteiger partial charge is 0.355 e. The SMILES string of the molecule is CCCCCCCCC=CCCCCCCCC(=O)OOc1ccccc1OC. The third-order valence-corrected chi connectivity index (χ3v) is 4.94. The molecule has 0 unspecified atom stereocenters. The molecule has 29 heavy (non-hydrogen) atoms. The van der Waals surface area contributed by atoms with E-state index in [1.807, 2.05) is 6.07 Å². The van der Waals surface area contributed by atoms with Gasteiger partial charge in [-0.1, -0.05) is 82.6 Å². The Hall–Kier alpha value is -1.97. The zero-order valence-electron chi connectivity index (χ0n) is 18.5. The quantitative estimate of drug-likeness (QED) is 0.109. The zero-order chi connectivity index (χ0) is 21.0. The molecule has 0 saturated carbocycles. The number of carbonyl (C=O) groups excluding carboxylic acids is 1. The number of allylic oxidation sites excluding steroid dienone is 2. The molecule has 0 spiro atoms. The maximum Gasteiger partial charge on any atom is 0.355 e. The lowest BCUT2D eigenvalue weighted by atomic mass is 10.1. The summed E-state index contributed by atoms with van der Waals surface area (Å²) in [7, 11) is 1.55. The van der Waals surface area contributed by atoms with Crippen LogP contribution < -0.4 is 9.62 Å². The number of methoxy groups -OCH3 is 1. The molecule has 0 amide bonds. The van der Waals surface area contributed by atoms with Crippen molar-refractivity contribution in [3.63, 3.8) is 0 Å². The third-order valence-electron chi connectivity index (χ3n) is 4.94. The molecule has 0 fully saturated rings. The van der Waals surface area contributed by atoms with E-state index >= 15 is 0 Å². The van der Waals surface area contributed by atoms with Crippen LogP contribution in [0, 0.1) is 0 Å². The average Bonchev–Trinajstić information content (AvgIpc) is 2.75. The van der Waals surface area contributed by atoms with Gasteiger partial charge in [0.25, 0.3) is 0 Å². The molecular formula is C25H40O4. The second-order valence-corrected chi connectivity index (χ2v) is 7.52. The van der Waals surface area contributed by atoms with Gasteiger partial charge in [0.2, 0.25) is 5.75 Å². The first-order chi connectivity index (χ1) is 14.3. The van der Waals surface area contributed by atoms with E-state index in [-0.39, 0.29) is 5.97 Å². The second kappa shape index (κ2) is 18.1. The van der Waals surface area contributed by atoms with E-state index in [2.05, 4.69) is 19.1 Å². The van der Waals surface area contributed by atoms with Crippen molar-refractivity contribution in [3.8, 4) is 11.5 Å². The molecule has 0 aliphatic heterocycles. The number of hydrogen-bond donors (Lipinski definition) is 0. The van der Waals surface area contributed by atoms with Crippen molar-refractivity contribution in [2.24, 2.45) is 0 Å². The van der Waals surface area contributed by atoms with Crippen molar-refractivity contribution < 1.29 is 19.3 Å². The Morgan fingerprint density at radius 2 is 1.34 bits per heavy atom.